The van der Waals surface area contributed by atoms with E-state index in [1.807, 2.05) is 32.0 Å². The van der Waals surface area contributed by atoms with E-state index in [0.717, 1.165) is 40.2 Å². The van der Waals surface area contributed by atoms with Crippen molar-refractivity contribution in [2.75, 3.05) is 4.90 Å². The van der Waals surface area contributed by atoms with Gasteiger partial charge < -0.3 is 10.0 Å². The van der Waals surface area contributed by atoms with E-state index in [9.17, 15) is 14.7 Å². The van der Waals surface area contributed by atoms with E-state index in [0.29, 0.717) is 11.6 Å². The first-order chi connectivity index (χ1) is 12.3. The van der Waals surface area contributed by atoms with Crippen molar-refractivity contribution in [2.45, 2.75) is 52.5 Å². The van der Waals surface area contributed by atoms with E-state index in [4.69, 9.17) is 0 Å². The lowest BCUT2D eigenvalue weighted by Gasteiger charge is -2.33. The number of fused-ring (bicyclic) bond motifs is 1. The third-order valence-corrected chi connectivity index (χ3v) is 7.33. The molecule has 1 saturated carbocycles. The van der Waals surface area contributed by atoms with Crippen LogP contribution in [-0.4, -0.2) is 23.0 Å². The van der Waals surface area contributed by atoms with Gasteiger partial charge in [-0.2, -0.15) is 0 Å². The van der Waals surface area contributed by atoms with Gasteiger partial charge >= 0.3 is 5.97 Å². The Morgan fingerprint density at radius 2 is 1.88 bits per heavy atom. The molecule has 1 aliphatic carbocycles. The zero-order valence-electron chi connectivity index (χ0n) is 15.3. The van der Waals surface area contributed by atoms with Crippen LogP contribution in [0.3, 0.4) is 0 Å². The summed E-state index contributed by atoms with van der Waals surface area (Å²) >= 11 is 4.74. The number of carbonyl (C=O) groups excluding carboxylic acids is 1. The van der Waals surface area contributed by atoms with Crippen LogP contribution in [-0.2, 0) is 4.79 Å². The first-order valence-electron chi connectivity index (χ1n) is 9.08. The molecule has 26 heavy (non-hydrogen) atoms. The van der Waals surface area contributed by atoms with Gasteiger partial charge in [-0.05, 0) is 67.4 Å². The predicted octanol–water partition coefficient (Wildman–Crippen LogP) is 5.93. The first-order valence-corrected chi connectivity index (χ1v) is 10.7. The minimum Gasteiger partial charge on any atom is -0.477 e. The molecule has 0 spiro atoms. The lowest BCUT2D eigenvalue weighted by molar-refractivity contribution is -0.123. The van der Waals surface area contributed by atoms with E-state index in [-0.39, 0.29) is 22.7 Å². The molecule has 6 heteroatoms. The summed E-state index contributed by atoms with van der Waals surface area (Å²) in [7, 11) is 0. The number of thiophene rings is 1. The zero-order chi connectivity index (χ0) is 19.0. The molecule has 0 saturated heterocycles. The number of hydrogen-bond donors (Lipinski definition) is 1. The highest BCUT2D eigenvalue weighted by Gasteiger charge is 2.34. The molecule has 1 aliphatic rings. The molecule has 1 fully saturated rings. The highest BCUT2D eigenvalue weighted by atomic mass is 79.9. The van der Waals surface area contributed by atoms with Gasteiger partial charge in [-0.3, -0.25) is 4.79 Å². The van der Waals surface area contributed by atoms with Crippen LogP contribution in [0.25, 0.3) is 10.1 Å². The number of nitrogens with zero attached hydrogens (tertiary/aromatic N) is 1. The molecule has 140 valence electrons. The number of carbonyl (C=O) groups is 2. The Labute approximate surface area is 166 Å². The maximum Gasteiger partial charge on any atom is 0.348 e. The van der Waals surface area contributed by atoms with Gasteiger partial charge in [-0.1, -0.05) is 19.1 Å². The summed E-state index contributed by atoms with van der Waals surface area (Å²) in [5.41, 5.74) is 0.553. The van der Waals surface area contributed by atoms with Crippen molar-refractivity contribution in [2.24, 2.45) is 11.8 Å². The molecule has 4 nitrogen and oxygen atoms in total. The Bertz CT molecular complexity index is 837. The molecule has 1 N–H and O–H groups in total. The Morgan fingerprint density at radius 3 is 2.46 bits per heavy atom. The van der Waals surface area contributed by atoms with Gasteiger partial charge in [-0.25, -0.2) is 4.79 Å². The third kappa shape index (κ3) is 3.54. The van der Waals surface area contributed by atoms with Crippen molar-refractivity contribution < 1.29 is 14.7 Å². The van der Waals surface area contributed by atoms with Gasteiger partial charge in [0.2, 0.25) is 5.91 Å². The lowest BCUT2D eigenvalue weighted by atomic mass is 9.82. The van der Waals surface area contributed by atoms with Crippen molar-refractivity contribution in [1.29, 1.82) is 0 Å². The Balaban J connectivity index is 2.11. The number of aromatic carboxylic acids is 1. The molecule has 2 aromatic rings. The van der Waals surface area contributed by atoms with Gasteiger partial charge in [0.15, 0.2) is 0 Å². The van der Waals surface area contributed by atoms with Crippen molar-refractivity contribution >= 4 is 54.9 Å². The number of carboxylic acid groups (broad SMARTS) is 1. The monoisotopic (exact) mass is 437 g/mol. The van der Waals surface area contributed by atoms with E-state index < -0.39 is 5.97 Å². The SMILES string of the molecule is CC1CCC(C(=O)N(c2c(C(=O)O)sc3c(Br)cccc23)C(C)C)CC1. The zero-order valence-corrected chi connectivity index (χ0v) is 17.7. The number of rotatable bonds is 4. The lowest BCUT2D eigenvalue weighted by Crippen LogP contribution is -2.42. The minimum atomic E-state index is -0.983. The molecule has 0 atom stereocenters. The molecule has 0 radical (unpaired) electrons. The minimum absolute atomic E-state index is 0.0163. The summed E-state index contributed by atoms with van der Waals surface area (Å²) in [5.74, 6) is -0.269. The van der Waals surface area contributed by atoms with Crippen LogP contribution in [0.4, 0.5) is 5.69 Å². The van der Waals surface area contributed by atoms with Crippen LogP contribution in [0.2, 0.25) is 0 Å². The molecule has 1 aromatic carbocycles. The van der Waals surface area contributed by atoms with Gasteiger partial charge in [0, 0.05) is 21.8 Å². The maximum absolute atomic E-state index is 13.4. The predicted molar refractivity (Wildman–Crippen MR) is 110 cm³/mol. The van der Waals surface area contributed by atoms with Gasteiger partial charge in [0.1, 0.15) is 4.88 Å². The van der Waals surface area contributed by atoms with Crippen molar-refractivity contribution in [3.8, 4) is 0 Å². The van der Waals surface area contributed by atoms with Crippen LogP contribution < -0.4 is 4.90 Å². The molecular weight excluding hydrogens is 414 g/mol. The third-order valence-electron chi connectivity index (χ3n) is 5.20. The maximum atomic E-state index is 13.4. The topological polar surface area (TPSA) is 57.6 Å². The number of anilines is 1. The van der Waals surface area contributed by atoms with Crippen LogP contribution in [0, 0.1) is 11.8 Å². The Morgan fingerprint density at radius 1 is 1.23 bits per heavy atom. The average molecular weight is 438 g/mol. The molecule has 1 aromatic heterocycles. The standard InChI is InChI=1S/C20H24BrNO3S/c1-11(2)22(19(23)13-9-7-12(3)8-10-13)16-14-5-4-6-15(21)17(14)26-18(16)20(24)25/h4-6,11-13H,7-10H2,1-3H3,(H,24,25). The summed E-state index contributed by atoms with van der Waals surface area (Å²) < 4.78 is 1.73. The molecular formula is C20H24BrNO3S. The van der Waals surface area contributed by atoms with Crippen molar-refractivity contribution in [1.82, 2.24) is 0 Å². The van der Waals surface area contributed by atoms with Gasteiger partial charge in [0.05, 0.1) is 10.4 Å². The Hall–Kier alpha value is -1.40. The molecule has 0 bridgehead atoms. The van der Waals surface area contributed by atoms with Crippen LogP contribution >= 0.6 is 27.3 Å². The normalized spacial score (nSPS) is 20.5. The van der Waals surface area contributed by atoms with E-state index in [1.165, 1.54) is 11.3 Å². The summed E-state index contributed by atoms with van der Waals surface area (Å²) in [6.07, 6.45) is 3.89. The van der Waals surface area contributed by atoms with Crippen molar-refractivity contribution in [3.63, 3.8) is 0 Å². The highest BCUT2D eigenvalue weighted by molar-refractivity contribution is 9.10. The molecule has 0 unspecified atom stereocenters. The number of hydrogen-bond acceptors (Lipinski definition) is 3. The second-order valence-corrected chi connectivity index (χ2v) is 9.34. The molecule has 3 rings (SSSR count). The van der Waals surface area contributed by atoms with Crippen LogP contribution in [0.1, 0.15) is 56.1 Å². The number of benzene rings is 1. The fraction of sp³-hybridized carbons (Fsp3) is 0.500. The van der Waals surface area contributed by atoms with Crippen LogP contribution in [0.15, 0.2) is 22.7 Å². The number of amides is 1. The van der Waals surface area contributed by atoms with E-state index >= 15 is 0 Å². The van der Waals surface area contributed by atoms with Crippen LogP contribution in [0.5, 0.6) is 0 Å². The smallest absolute Gasteiger partial charge is 0.348 e. The summed E-state index contributed by atoms with van der Waals surface area (Å²) in [6.45, 7) is 6.14. The fourth-order valence-electron chi connectivity index (χ4n) is 3.78. The van der Waals surface area contributed by atoms with Crippen molar-refractivity contribution in [3.05, 3.63) is 27.5 Å². The second kappa shape index (κ2) is 7.69. The summed E-state index contributed by atoms with van der Waals surface area (Å²) in [6, 6.07) is 5.60. The van der Waals surface area contributed by atoms with E-state index in [1.54, 1.807) is 4.90 Å². The molecule has 1 heterocycles. The number of carboxylic acids is 1. The van der Waals surface area contributed by atoms with Gasteiger partial charge in [0.25, 0.3) is 0 Å². The van der Waals surface area contributed by atoms with Gasteiger partial charge in [-0.15, -0.1) is 11.3 Å². The average Bonchev–Trinajstić information content (AvgIpc) is 2.96. The quantitative estimate of drug-likeness (QED) is 0.644. The molecule has 1 amide bonds. The Kier molecular flexibility index (Phi) is 5.72. The van der Waals surface area contributed by atoms with E-state index in [2.05, 4.69) is 22.9 Å². The second-order valence-electron chi connectivity index (χ2n) is 7.46. The number of halogens is 1. The summed E-state index contributed by atoms with van der Waals surface area (Å²) in [4.78, 5) is 27.3. The first kappa shape index (κ1) is 19.4. The summed E-state index contributed by atoms with van der Waals surface area (Å²) in [5, 5.41) is 10.6. The molecule has 0 aliphatic heterocycles. The fourth-order valence-corrected chi connectivity index (χ4v) is 5.43. The highest BCUT2D eigenvalue weighted by Crippen LogP contribution is 2.43. The largest absolute Gasteiger partial charge is 0.477 e.